The maximum atomic E-state index is 12.8. The van der Waals surface area contributed by atoms with Gasteiger partial charge in [0, 0.05) is 48.7 Å². The molecule has 0 bridgehead atoms. The topological polar surface area (TPSA) is 116 Å². The van der Waals surface area contributed by atoms with Gasteiger partial charge in [0.25, 0.3) is 0 Å². The van der Waals surface area contributed by atoms with E-state index in [1.807, 2.05) is 40.7 Å². The summed E-state index contributed by atoms with van der Waals surface area (Å²) in [6.07, 6.45) is 1.61. The molecule has 0 spiro atoms. The minimum absolute atomic E-state index is 0.0329. The van der Waals surface area contributed by atoms with Crippen LogP contribution in [0.2, 0.25) is 0 Å². The molecule has 5 rings (SSSR count). The SMILES string of the molecule is Cc1nc(C)c([C@H](OC(C)(C)C)C(=O)O)c(N2CCC(C)(C)CC2)c1-c1ccc2c(c1)CCN(c1cccc(C(=O)O)n1)C2. The number of carboxylic acids is 2. The molecule has 2 N–H and O–H groups in total. The van der Waals surface area contributed by atoms with Gasteiger partial charge in [0.15, 0.2) is 11.8 Å². The summed E-state index contributed by atoms with van der Waals surface area (Å²) < 4.78 is 6.22. The summed E-state index contributed by atoms with van der Waals surface area (Å²) in [4.78, 5) is 38.0. The van der Waals surface area contributed by atoms with Crippen LogP contribution in [0.4, 0.5) is 11.5 Å². The number of carboxylic acid groups (broad SMARTS) is 2. The van der Waals surface area contributed by atoms with E-state index in [4.69, 9.17) is 9.72 Å². The Balaban J connectivity index is 1.60. The Morgan fingerprint density at radius 3 is 2.27 bits per heavy atom. The molecule has 9 nitrogen and oxygen atoms in total. The Morgan fingerprint density at radius 1 is 0.932 bits per heavy atom. The molecule has 0 saturated carbocycles. The van der Waals surface area contributed by atoms with Crippen LogP contribution in [0.5, 0.6) is 0 Å². The molecule has 0 radical (unpaired) electrons. The number of carbonyl (C=O) groups is 2. The fraction of sp³-hybridized carbons (Fsp3) is 0.486. The van der Waals surface area contributed by atoms with Gasteiger partial charge in [-0.05, 0) is 88.1 Å². The van der Waals surface area contributed by atoms with Crippen LogP contribution in [0.3, 0.4) is 0 Å². The van der Waals surface area contributed by atoms with E-state index < -0.39 is 23.6 Å². The third-order valence-electron chi connectivity index (χ3n) is 8.75. The average Bonchev–Trinajstić information content (AvgIpc) is 2.95. The fourth-order valence-electron chi connectivity index (χ4n) is 6.38. The van der Waals surface area contributed by atoms with Crippen LogP contribution < -0.4 is 9.80 Å². The average molecular weight is 601 g/mol. The Morgan fingerprint density at radius 2 is 1.64 bits per heavy atom. The fourth-order valence-corrected chi connectivity index (χ4v) is 6.38. The van der Waals surface area contributed by atoms with E-state index >= 15 is 0 Å². The molecule has 1 saturated heterocycles. The van der Waals surface area contributed by atoms with Crippen molar-refractivity contribution in [2.45, 2.75) is 86.0 Å². The van der Waals surface area contributed by atoms with Crippen molar-refractivity contribution >= 4 is 23.4 Å². The first-order valence-corrected chi connectivity index (χ1v) is 15.4. The van der Waals surface area contributed by atoms with Crippen LogP contribution in [0, 0.1) is 19.3 Å². The molecule has 0 amide bonds. The molecule has 1 aromatic carbocycles. The van der Waals surface area contributed by atoms with Gasteiger partial charge >= 0.3 is 11.9 Å². The molecule has 2 aromatic heterocycles. The highest BCUT2D eigenvalue weighted by atomic mass is 16.5. The summed E-state index contributed by atoms with van der Waals surface area (Å²) in [7, 11) is 0. The summed E-state index contributed by atoms with van der Waals surface area (Å²) in [5.74, 6) is -1.41. The van der Waals surface area contributed by atoms with Gasteiger partial charge in [-0.25, -0.2) is 14.6 Å². The predicted octanol–water partition coefficient (Wildman–Crippen LogP) is 6.59. The normalized spacial score (nSPS) is 17.2. The number of ether oxygens (including phenoxy) is 1. The molecule has 3 aromatic rings. The molecule has 4 heterocycles. The highest BCUT2D eigenvalue weighted by molar-refractivity contribution is 5.88. The number of hydrogen-bond acceptors (Lipinski definition) is 7. The van der Waals surface area contributed by atoms with E-state index in [-0.39, 0.29) is 11.1 Å². The standard InChI is InChI=1S/C35H44N4O5/c1-21-28(24-11-12-25-20-39(16-13-23(25)19-24)27-10-8-9-26(37-27)32(40)41)30(38-17-14-35(6,7)15-18-38)29(22(2)36-21)31(33(42)43)44-34(3,4)5/h8-12,19,31H,13-18,20H2,1-7H3,(H,40,41)(H,42,43)/t31-/m0/s1. The van der Waals surface area contributed by atoms with Gasteiger partial charge in [0.05, 0.1) is 11.3 Å². The lowest BCUT2D eigenvalue weighted by Gasteiger charge is -2.41. The van der Waals surface area contributed by atoms with Crippen molar-refractivity contribution < 1.29 is 24.5 Å². The van der Waals surface area contributed by atoms with Crippen LogP contribution in [0.25, 0.3) is 11.1 Å². The van der Waals surface area contributed by atoms with Gasteiger partial charge in [0.1, 0.15) is 5.82 Å². The highest BCUT2D eigenvalue weighted by Crippen LogP contribution is 2.45. The summed E-state index contributed by atoms with van der Waals surface area (Å²) in [5.41, 5.74) is 6.98. The molecule has 0 unspecified atom stereocenters. The molecular formula is C35H44N4O5. The van der Waals surface area contributed by atoms with Crippen molar-refractivity contribution in [2.75, 3.05) is 29.4 Å². The maximum Gasteiger partial charge on any atom is 0.354 e. The van der Waals surface area contributed by atoms with E-state index in [0.29, 0.717) is 30.2 Å². The lowest BCUT2D eigenvalue weighted by atomic mass is 9.81. The van der Waals surface area contributed by atoms with Crippen molar-refractivity contribution in [1.82, 2.24) is 9.97 Å². The van der Waals surface area contributed by atoms with Gasteiger partial charge in [-0.15, -0.1) is 0 Å². The molecule has 1 atom stereocenters. The number of piperidine rings is 1. The minimum Gasteiger partial charge on any atom is -0.479 e. The Kier molecular flexibility index (Phi) is 8.46. The number of anilines is 2. The number of aliphatic carboxylic acids is 1. The monoisotopic (exact) mass is 600 g/mol. The number of aryl methyl sites for hydroxylation is 2. The first-order chi connectivity index (χ1) is 20.6. The second-order valence-corrected chi connectivity index (χ2v) is 13.9. The summed E-state index contributed by atoms with van der Waals surface area (Å²) in [6.45, 7) is 17.1. The minimum atomic E-state index is -1.16. The summed E-state index contributed by atoms with van der Waals surface area (Å²) in [6, 6.07) is 11.5. The smallest absolute Gasteiger partial charge is 0.354 e. The number of rotatable bonds is 7. The Labute approximate surface area is 259 Å². The number of pyridine rings is 2. The number of fused-ring (bicyclic) bond motifs is 1. The second-order valence-electron chi connectivity index (χ2n) is 13.9. The van der Waals surface area contributed by atoms with Gasteiger partial charge in [-0.2, -0.15) is 0 Å². The number of hydrogen-bond donors (Lipinski definition) is 2. The van der Waals surface area contributed by atoms with E-state index in [1.165, 1.54) is 11.6 Å². The third kappa shape index (κ3) is 6.58. The molecule has 2 aliphatic rings. The van der Waals surface area contributed by atoms with Crippen molar-refractivity contribution in [3.8, 4) is 11.1 Å². The predicted molar refractivity (Wildman–Crippen MR) is 172 cm³/mol. The number of aromatic nitrogens is 2. The van der Waals surface area contributed by atoms with Crippen molar-refractivity contribution in [3.05, 3.63) is 70.2 Å². The van der Waals surface area contributed by atoms with Gasteiger partial charge in [-0.3, -0.25) is 4.98 Å². The molecule has 1 fully saturated rings. The van der Waals surface area contributed by atoms with Crippen molar-refractivity contribution in [3.63, 3.8) is 0 Å². The number of nitrogens with zero attached hydrogens (tertiary/aromatic N) is 4. The van der Waals surface area contributed by atoms with Gasteiger partial charge < -0.3 is 24.7 Å². The molecule has 9 heteroatoms. The zero-order valence-electron chi connectivity index (χ0n) is 26.9. The summed E-state index contributed by atoms with van der Waals surface area (Å²) in [5, 5.41) is 19.9. The largest absolute Gasteiger partial charge is 0.479 e. The van der Waals surface area contributed by atoms with Crippen molar-refractivity contribution in [1.29, 1.82) is 0 Å². The maximum absolute atomic E-state index is 12.8. The van der Waals surface area contributed by atoms with Gasteiger partial charge in [-0.1, -0.05) is 38.1 Å². The number of benzene rings is 1. The van der Waals surface area contributed by atoms with Crippen LogP contribution in [0.1, 0.15) is 92.1 Å². The molecular weight excluding hydrogens is 556 g/mol. The van der Waals surface area contributed by atoms with E-state index in [2.05, 4.69) is 46.8 Å². The Hall–Kier alpha value is -3.98. The number of aromatic carboxylic acids is 1. The van der Waals surface area contributed by atoms with Crippen LogP contribution >= 0.6 is 0 Å². The lowest BCUT2D eigenvalue weighted by molar-refractivity contribution is -0.160. The van der Waals surface area contributed by atoms with Gasteiger partial charge in [0.2, 0.25) is 0 Å². The molecule has 44 heavy (non-hydrogen) atoms. The van der Waals surface area contributed by atoms with Crippen LogP contribution in [0.15, 0.2) is 36.4 Å². The van der Waals surface area contributed by atoms with Crippen LogP contribution in [-0.2, 0) is 22.5 Å². The highest BCUT2D eigenvalue weighted by Gasteiger charge is 2.36. The quantitative estimate of drug-likeness (QED) is 0.310. The van der Waals surface area contributed by atoms with Crippen LogP contribution in [-0.4, -0.2) is 57.4 Å². The Bertz CT molecular complexity index is 1580. The first kappa shape index (κ1) is 31.4. The second kappa shape index (κ2) is 11.8. The zero-order chi connectivity index (χ0) is 32.0. The molecule has 2 aliphatic heterocycles. The third-order valence-corrected chi connectivity index (χ3v) is 8.75. The zero-order valence-corrected chi connectivity index (χ0v) is 26.9. The first-order valence-electron chi connectivity index (χ1n) is 15.4. The summed E-state index contributed by atoms with van der Waals surface area (Å²) >= 11 is 0. The van der Waals surface area contributed by atoms with Crippen molar-refractivity contribution in [2.24, 2.45) is 5.41 Å². The van der Waals surface area contributed by atoms with E-state index in [1.54, 1.807) is 6.07 Å². The van der Waals surface area contributed by atoms with E-state index in [9.17, 15) is 19.8 Å². The lowest BCUT2D eigenvalue weighted by Crippen LogP contribution is -2.39. The molecule has 234 valence electrons. The van der Waals surface area contributed by atoms with E-state index in [0.717, 1.165) is 60.4 Å². The molecule has 0 aliphatic carbocycles.